The Hall–Kier alpha value is -4.34. The van der Waals surface area contributed by atoms with E-state index in [4.69, 9.17) is 4.74 Å². The molecule has 3 aliphatic rings. The van der Waals surface area contributed by atoms with Gasteiger partial charge in [-0.25, -0.2) is 0 Å². The Balaban J connectivity index is 1.23. The predicted octanol–water partition coefficient (Wildman–Crippen LogP) is 3.40. The third-order valence-corrected chi connectivity index (χ3v) is 6.97. The van der Waals surface area contributed by atoms with Crippen LogP contribution in [-0.2, 0) is 19.2 Å². The molecule has 10 heteroatoms. The van der Waals surface area contributed by atoms with Crippen molar-refractivity contribution in [1.82, 2.24) is 0 Å². The maximum absolute atomic E-state index is 12.9. The monoisotopic (exact) mass is 489 g/mol. The first-order valence-electron chi connectivity index (χ1n) is 11.6. The lowest BCUT2D eigenvalue weighted by atomic mass is 9.82. The van der Waals surface area contributed by atoms with E-state index in [9.17, 15) is 29.3 Å². The Labute approximate surface area is 206 Å². The van der Waals surface area contributed by atoms with Crippen LogP contribution in [0, 0.1) is 27.9 Å². The molecule has 2 aliphatic heterocycles. The first-order chi connectivity index (χ1) is 17.2. The van der Waals surface area contributed by atoms with Crippen molar-refractivity contribution in [2.45, 2.75) is 26.2 Å². The average molecular weight is 489 g/mol. The number of hydrogen-bond acceptors (Lipinski definition) is 7. The van der Waals surface area contributed by atoms with Crippen LogP contribution in [-0.4, -0.2) is 35.2 Å². The highest BCUT2D eigenvalue weighted by Gasteiger charge is 2.48. The molecule has 10 nitrogen and oxygen atoms in total. The fraction of sp³-hybridized carbons (Fsp3) is 0.308. The van der Waals surface area contributed by atoms with E-state index in [-0.39, 0.29) is 54.0 Å². The number of carbonyl (C=O) groups is 4. The summed E-state index contributed by atoms with van der Waals surface area (Å²) in [7, 11) is 0. The quantitative estimate of drug-likeness (QED) is 0.157. The normalized spacial score (nSPS) is 23.5. The van der Waals surface area contributed by atoms with Crippen molar-refractivity contribution in [2.75, 3.05) is 16.3 Å². The zero-order valence-corrected chi connectivity index (χ0v) is 19.5. The van der Waals surface area contributed by atoms with E-state index in [1.807, 2.05) is 13.0 Å². The van der Waals surface area contributed by atoms with Gasteiger partial charge in [-0.2, -0.15) is 0 Å². The van der Waals surface area contributed by atoms with Crippen molar-refractivity contribution in [3.8, 4) is 5.75 Å². The lowest BCUT2D eigenvalue weighted by Gasteiger charge is -2.18. The molecule has 2 fully saturated rings. The van der Waals surface area contributed by atoms with Gasteiger partial charge >= 0.3 is 5.97 Å². The summed E-state index contributed by atoms with van der Waals surface area (Å²) in [6, 6.07) is 11.7. The maximum Gasteiger partial charge on any atom is 0.316 e. The molecule has 3 atom stereocenters. The number of non-ortho nitro benzene ring substituents is 1. The minimum atomic E-state index is -0.701. The largest absolute Gasteiger partial charge is 0.426 e. The number of carbonyl (C=O) groups excluding carboxylic acids is 4. The Morgan fingerprint density at radius 1 is 0.944 bits per heavy atom. The molecule has 184 valence electrons. The summed E-state index contributed by atoms with van der Waals surface area (Å²) < 4.78 is 5.46. The summed E-state index contributed by atoms with van der Waals surface area (Å²) in [5.74, 6) is -2.42. The van der Waals surface area contributed by atoms with E-state index >= 15 is 0 Å². The molecule has 0 unspecified atom stereocenters. The zero-order chi connectivity index (χ0) is 25.6. The Morgan fingerprint density at radius 3 is 2.25 bits per heavy atom. The molecule has 0 saturated carbocycles. The molecule has 2 aromatic carbocycles. The standard InChI is InChI=1S/C26H23N3O7/c1-15-2-11-21-22(12-15)25(32)28(24(21)31)18-7-9-20(10-8-18)36-26(33)16-13-23(30)27(14-16)17-3-5-19(6-4-17)29(34)35/h2-10,16,21-22H,11-14H2,1H3/t16-,21+,22-/m1/s1. The third kappa shape index (κ3) is 4.15. The topological polar surface area (TPSA) is 127 Å². The minimum absolute atomic E-state index is 0.0408. The number of nitro groups is 1. The van der Waals surface area contributed by atoms with E-state index in [2.05, 4.69) is 0 Å². The van der Waals surface area contributed by atoms with Gasteiger partial charge in [0.1, 0.15) is 5.75 Å². The van der Waals surface area contributed by atoms with Gasteiger partial charge < -0.3 is 9.64 Å². The van der Waals surface area contributed by atoms with Crippen LogP contribution >= 0.6 is 0 Å². The summed E-state index contributed by atoms with van der Waals surface area (Å²) in [6.07, 6.45) is 3.11. The van der Waals surface area contributed by atoms with Gasteiger partial charge in [-0.15, -0.1) is 0 Å². The molecule has 0 aromatic heterocycles. The smallest absolute Gasteiger partial charge is 0.316 e. The number of nitrogens with zero attached hydrogens (tertiary/aromatic N) is 3. The van der Waals surface area contributed by atoms with Gasteiger partial charge in [-0.05, 0) is 56.2 Å². The molecule has 2 aromatic rings. The number of rotatable bonds is 5. The number of ether oxygens (including phenoxy) is 1. The third-order valence-electron chi connectivity index (χ3n) is 6.97. The maximum atomic E-state index is 12.9. The molecule has 1 aliphatic carbocycles. The van der Waals surface area contributed by atoms with Crippen LogP contribution in [0.2, 0.25) is 0 Å². The minimum Gasteiger partial charge on any atom is -0.426 e. The summed E-state index contributed by atoms with van der Waals surface area (Å²) >= 11 is 0. The predicted molar refractivity (Wildman–Crippen MR) is 128 cm³/mol. The number of benzene rings is 2. The van der Waals surface area contributed by atoms with Crippen molar-refractivity contribution in [2.24, 2.45) is 17.8 Å². The van der Waals surface area contributed by atoms with Crippen LogP contribution in [0.1, 0.15) is 26.2 Å². The first kappa shape index (κ1) is 23.4. The second kappa shape index (κ2) is 9.03. The van der Waals surface area contributed by atoms with E-state index in [0.717, 1.165) is 5.57 Å². The van der Waals surface area contributed by atoms with Crippen LogP contribution in [0.15, 0.2) is 60.2 Å². The number of amides is 3. The second-order valence-electron chi connectivity index (χ2n) is 9.31. The van der Waals surface area contributed by atoms with E-state index in [0.29, 0.717) is 24.2 Å². The lowest BCUT2D eigenvalue weighted by molar-refractivity contribution is -0.384. The zero-order valence-electron chi connectivity index (χ0n) is 19.5. The molecule has 0 bridgehead atoms. The number of nitro benzene ring substituents is 1. The molecule has 0 N–H and O–H groups in total. The number of esters is 1. The van der Waals surface area contributed by atoms with Crippen LogP contribution in [0.3, 0.4) is 0 Å². The number of imide groups is 1. The summed E-state index contributed by atoms with van der Waals surface area (Å²) in [4.78, 5) is 63.8. The van der Waals surface area contributed by atoms with Crippen LogP contribution < -0.4 is 14.5 Å². The Morgan fingerprint density at radius 2 is 1.58 bits per heavy atom. The molecular weight excluding hydrogens is 466 g/mol. The van der Waals surface area contributed by atoms with Crippen LogP contribution in [0.5, 0.6) is 5.75 Å². The summed E-state index contributed by atoms with van der Waals surface area (Å²) in [6.45, 7) is 2.06. The Bertz CT molecular complexity index is 1300. The van der Waals surface area contributed by atoms with Crippen molar-refractivity contribution in [1.29, 1.82) is 0 Å². The van der Waals surface area contributed by atoms with Gasteiger partial charge in [0, 0.05) is 30.8 Å². The highest BCUT2D eigenvalue weighted by molar-refractivity contribution is 6.22. The lowest BCUT2D eigenvalue weighted by Crippen LogP contribution is -2.30. The number of fused-ring (bicyclic) bond motifs is 1. The average Bonchev–Trinajstić information content (AvgIpc) is 3.37. The number of anilines is 2. The van der Waals surface area contributed by atoms with Crippen LogP contribution in [0.25, 0.3) is 0 Å². The van der Waals surface area contributed by atoms with Gasteiger partial charge in [0.25, 0.3) is 5.69 Å². The molecule has 0 spiro atoms. The molecule has 3 amide bonds. The van der Waals surface area contributed by atoms with Gasteiger partial charge in [-0.3, -0.25) is 34.2 Å². The highest BCUT2D eigenvalue weighted by atomic mass is 16.6. The molecular formula is C26H23N3O7. The van der Waals surface area contributed by atoms with Crippen LogP contribution in [0.4, 0.5) is 17.1 Å². The Kier molecular flexibility index (Phi) is 5.87. The van der Waals surface area contributed by atoms with Gasteiger partial charge in [-0.1, -0.05) is 11.6 Å². The van der Waals surface area contributed by atoms with Crippen molar-refractivity contribution < 1.29 is 28.8 Å². The highest BCUT2D eigenvalue weighted by Crippen LogP contribution is 2.40. The first-order valence-corrected chi connectivity index (χ1v) is 11.6. The van der Waals surface area contributed by atoms with E-state index in [1.54, 1.807) is 12.1 Å². The fourth-order valence-electron chi connectivity index (χ4n) is 5.02. The molecule has 2 saturated heterocycles. The number of hydrogen-bond donors (Lipinski definition) is 0. The fourth-order valence-corrected chi connectivity index (χ4v) is 5.02. The van der Waals surface area contributed by atoms with Gasteiger partial charge in [0.05, 0.1) is 28.4 Å². The van der Waals surface area contributed by atoms with E-state index < -0.39 is 16.8 Å². The van der Waals surface area contributed by atoms with Crippen molar-refractivity contribution >= 4 is 40.8 Å². The molecule has 0 radical (unpaired) electrons. The van der Waals surface area contributed by atoms with Crippen molar-refractivity contribution in [3.05, 3.63) is 70.3 Å². The summed E-state index contributed by atoms with van der Waals surface area (Å²) in [5, 5.41) is 10.8. The van der Waals surface area contributed by atoms with Gasteiger partial charge in [0.15, 0.2) is 0 Å². The summed E-state index contributed by atoms with van der Waals surface area (Å²) in [5.41, 5.74) is 1.92. The van der Waals surface area contributed by atoms with Crippen molar-refractivity contribution in [3.63, 3.8) is 0 Å². The van der Waals surface area contributed by atoms with Gasteiger partial charge in [0.2, 0.25) is 17.7 Å². The SMILES string of the molecule is CC1=CC[C@@H]2C(=O)N(c3ccc(OC(=O)[C@@H]4CC(=O)N(c5ccc([N+](=O)[O-])cc5)C4)cc3)C(=O)[C@@H]2C1. The molecule has 36 heavy (non-hydrogen) atoms. The second-order valence-corrected chi connectivity index (χ2v) is 9.31. The molecule has 5 rings (SSSR count). The number of allylic oxidation sites excluding steroid dienone is 2. The van der Waals surface area contributed by atoms with E-state index in [1.165, 1.54) is 46.2 Å². The molecule has 2 heterocycles.